The molecule has 0 saturated heterocycles. The molecule has 0 bridgehead atoms. The largest absolute Gasteiger partial charge is 0.352 e. The number of imide groups is 1. The summed E-state index contributed by atoms with van der Waals surface area (Å²) in [6.07, 6.45) is -0.722. The van der Waals surface area contributed by atoms with Gasteiger partial charge in [0.1, 0.15) is 5.82 Å². The molecule has 0 fully saturated rings. The van der Waals surface area contributed by atoms with Gasteiger partial charge in [0.2, 0.25) is 0 Å². The number of methoxy groups -OCH3 is 2. The van der Waals surface area contributed by atoms with E-state index in [2.05, 4.69) is 0 Å². The average molecular weight is 315 g/mol. The van der Waals surface area contributed by atoms with Crippen molar-refractivity contribution in [3.05, 3.63) is 65.0 Å². The lowest BCUT2D eigenvalue weighted by molar-refractivity contribution is -0.106. The minimum atomic E-state index is -0.722. The van der Waals surface area contributed by atoms with Gasteiger partial charge in [0.05, 0.1) is 16.8 Å². The highest BCUT2D eigenvalue weighted by atomic mass is 19.1. The van der Waals surface area contributed by atoms with Gasteiger partial charge in [0, 0.05) is 19.8 Å². The fourth-order valence-corrected chi connectivity index (χ4v) is 2.63. The van der Waals surface area contributed by atoms with Crippen LogP contribution in [-0.4, -0.2) is 26.0 Å². The molecule has 0 radical (unpaired) electrons. The van der Waals surface area contributed by atoms with Gasteiger partial charge < -0.3 is 9.47 Å². The van der Waals surface area contributed by atoms with Gasteiger partial charge >= 0.3 is 0 Å². The lowest BCUT2D eigenvalue weighted by Crippen LogP contribution is -2.30. The van der Waals surface area contributed by atoms with Crippen molar-refractivity contribution >= 4 is 17.5 Å². The third-order valence-electron chi connectivity index (χ3n) is 3.71. The second-order valence-corrected chi connectivity index (χ2v) is 5.01. The number of halogens is 1. The number of carbonyl (C=O) groups excluding carboxylic acids is 2. The van der Waals surface area contributed by atoms with E-state index < -0.39 is 23.9 Å². The summed E-state index contributed by atoms with van der Waals surface area (Å²) in [6.45, 7) is 0. The van der Waals surface area contributed by atoms with E-state index >= 15 is 0 Å². The molecule has 23 heavy (non-hydrogen) atoms. The lowest BCUT2D eigenvalue weighted by Gasteiger charge is -2.18. The topological polar surface area (TPSA) is 55.8 Å². The zero-order valence-corrected chi connectivity index (χ0v) is 12.6. The Morgan fingerprint density at radius 3 is 2.00 bits per heavy atom. The van der Waals surface area contributed by atoms with Gasteiger partial charge in [0.25, 0.3) is 11.8 Å². The summed E-state index contributed by atoms with van der Waals surface area (Å²) in [7, 11) is 2.87. The summed E-state index contributed by atoms with van der Waals surface area (Å²) >= 11 is 0. The van der Waals surface area contributed by atoms with E-state index in [1.807, 2.05) is 0 Å². The fourth-order valence-electron chi connectivity index (χ4n) is 2.63. The van der Waals surface area contributed by atoms with Crippen molar-refractivity contribution in [2.45, 2.75) is 6.29 Å². The number of nitrogens with zero attached hydrogens (tertiary/aromatic N) is 1. The minimum Gasteiger partial charge on any atom is -0.352 e. The van der Waals surface area contributed by atoms with Crippen molar-refractivity contribution < 1.29 is 23.5 Å². The molecule has 0 atom stereocenters. The molecular formula is C17H14FNO4. The molecule has 0 aromatic heterocycles. The third kappa shape index (κ3) is 2.42. The number of hydrogen-bond acceptors (Lipinski definition) is 4. The molecule has 1 aliphatic rings. The molecule has 2 amide bonds. The fraction of sp³-hybridized carbons (Fsp3) is 0.176. The van der Waals surface area contributed by atoms with E-state index in [4.69, 9.17) is 9.47 Å². The molecule has 1 aliphatic heterocycles. The SMILES string of the molecule is COC(OC)c1ccc(N2C(=O)c3ccccc3C2=O)c(F)c1. The zero-order chi connectivity index (χ0) is 16.6. The van der Waals surface area contributed by atoms with Crippen LogP contribution in [0.5, 0.6) is 0 Å². The minimum absolute atomic E-state index is 0.0918. The second kappa shape index (κ2) is 5.91. The zero-order valence-electron chi connectivity index (χ0n) is 12.6. The monoisotopic (exact) mass is 315 g/mol. The summed E-state index contributed by atoms with van der Waals surface area (Å²) in [4.78, 5) is 25.6. The third-order valence-corrected chi connectivity index (χ3v) is 3.71. The first-order valence-corrected chi connectivity index (χ1v) is 6.91. The molecule has 0 unspecified atom stereocenters. The summed E-state index contributed by atoms with van der Waals surface area (Å²) in [5, 5.41) is 0. The molecule has 1 heterocycles. The van der Waals surface area contributed by atoms with Gasteiger partial charge in [-0.3, -0.25) is 9.59 Å². The van der Waals surface area contributed by atoms with Crippen LogP contribution in [-0.2, 0) is 9.47 Å². The smallest absolute Gasteiger partial charge is 0.266 e. The molecule has 3 rings (SSSR count). The molecule has 0 N–H and O–H groups in total. The highest BCUT2D eigenvalue weighted by molar-refractivity contribution is 6.34. The summed E-state index contributed by atoms with van der Waals surface area (Å²) < 4.78 is 24.6. The average Bonchev–Trinajstić information content (AvgIpc) is 2.81. The van der Waals surface area contributed by atoms with Gasteiger partial charge in [0.15, 0.2) is 6.29 Å². The van der Waals surface area contributed by atoms with Crippen molar-refractivity contribution in [1.82, 2.24) is 0 Å². The Hall–Kier alpha value is -2.57. The normalized spacial score (nSPS) is 13.8. The Labute approximate surface area is 132 Å². The number of anilines is 1. The lowest BCUT2D eigenvalue weighted by atomic mass is 10.1. The highest BCUT2D eigenvalue weighted by Gasteiger charge is 2.37. The van der Waals surface area contributed by atoms with Crippen molar-refractivity contribution in [1.29, 1.82) is 0 Å². The summed E-state index contributed by atoms with van der Waals surface area (Å²) in [5.74, 6) is -1.77. The van der Waals surface area contributed by atoms with Crippen LogP contribution in [0, 0.1) is 5.82 Å². The van der Waals surface area contributed by atoms with Gasteiger partial charge in [-0.25, -0.2) is 9.29 Å². The first kappa shape index (κ1) is 15.3. The van der Waals surface area contributed by atoms with Crippen molar-refractivity contribution in [3.8, 4) is 0 Å². The molecular weight excluding hydrogens is 301 g/mol. The molecule has 0 aliphatic carbocycles. The number of ether oxygens (including phenoxy) is 2. The van der Waals surface area contributed by atoms with E-state index in [1.54, 1.807) is 30.3 Å². The predicted octanol–water partition coefficient (Wildman–Crippen LogP) is 2.92. The van der Waals surface area contributed by atoms with Crippen LogP contribution in [0.25, 0.3) is 0 Å². The summed E-state index contributed by atoms with van der Waals surface area (Å²) in [6, 6.07) is 10.5. The van der Waals surface area contributed by atoms with Crippen LogP contribution < -0.4 is 4.90 Å². The van der Waals surface area contributed by atoms with Crippen molar-refractivity contribution in [3.63, 3.8) is 0 Å². The number of amides is 2. The first-order chi connectivity index (χ1) is 11.1. The van der Waals surface area contributed by atoms with Crippen LogP contribution in [0.4, 0.5) is 10.1 Å². The Balaban J connectivity index is 2.01. The number of fused-ring (bicyclic) bond motifs is 1. The molecule has 0 spiro atoms. The Morgan fingerprint density at radius 2 is 1.52 bits per heavy atom. The van der Waals surface area contributed by atoms with Crippen LogP contribution in [0.3, 0.4) is 0 Å². The molecule has 2 aromatic rings. The summed E-state index contributed by atoms with van der Waals surface area (Å²) in [5.41, 5.74) is 0.902. The standard InChI is InChI=1S/C17H14FNO4/c1-22-17(23-2)10-7-8-14(13(18)9-10)19-15(20)11-5-3-4-6-12(11)16(19)21/h3-9,17H,1-2H3. The van der Waals surface area contributed by atoms with Crippen LogP contribution in [0.2, 0.25) is 0 Å². The predicted molar refractivity (Wildman–Crippen MR) is 80.7 cm³/mol. The van der Waals surface area contributed by atoms with Crippen LogP contribution in [0.15, 0.2) is 42.5 Å². The number of benzene rings is 2. The maximum absolute atomic E-state index is 14.4. The number of carbonyl (C=O) groups is 2. The van der Waals surface area contributed by atoms with Gasteiger partial charge in [-0.15, -0.1) is 0 Å². The first-order valence-electron chi connectivity index (χ1n) is 6.91. The van der Waals surface area contributed by atoms with Gasteiger partial charge in [-0.2, -0.15) is 0 Å². The maximum atomic E-state index is 14.4. The van der Waals surface area contributed by atoms with E-state index in [0.717, 1.165) is 4.90 Å². The molecule has 6 heteroatoms. The Bertz CT molecular complexity index is 751. The maximum Gasteiger partial charge on any atom is 0.266 e. The number of rotatable bonds is 4. The van der Waals surface area contributed by atoms with E-state index in [0.29, 0.717) is 5.56 Å². The van der Waals surface area contributed by atoms with E-state index in [-0.39, 0.29) is 16.8 Å². The van der Waals surface area contributed by atoms with E-state index in [1.165, 1.54) is 26.4 Å². The van der Waals surface area contributed by atoms with Crippen molar-refractivity contribution in [2.75, 3.05) is 19.1 Å². The Kier molecular flexibility index (Phi) is 3.94. The molecule has 5 nitrogen and oxygen atoms in total. The van der Waals surface area contributed by atoms with Gasteiger partial charge in [-0.05, 0) is 24.3 Å². The molecule has 0 saturated carbocycles. The molecule has 2 aromatic carbocycles. The van der Waals surface area contributed by atoms with Crippen LogP contribution >= 0.6 is 0 Å². The second-order valence-electron chi connectivity index (χ2n) is 5.01. The number of hydrogen-bond donors (Lipinski definition) is 0. The molecule has 118 valence electrons. The van der Waals surface area contributed by atoms with Gasteiger partial charge in [-0.1, -0.05) is 18.2 Å². The highest BCUT2D eigenvalue weighted by Crippen LogP contribution is 2.31. The Morgan fingerprint density at radius 1 is 0.957 bits per heavy atom. The van der Waals surface area contributed by atoms with Crippen LogP contribution in [0.1, 0.15) is 32.6 Å². The quantitative estimate of drug-likeness (QED) is 0.643. The van der Waals surface area contributed by atoms with E-state index in [9.17, 15) is 14.0 Å². The van der Waals surface area contributed by atoms with Crippen molar-refractivity contribution in [2.24, 2.45) is 0 Å².